The molecule has 1 aromatic rings. The van der Waals surface area contributed by atoms with Gasteiger partial charge >= 0.3 is 0 Å². The van der Waals surface area contributed by atoms with Gasteiger partial charge < -0.3 is 16.0 Å². The molecule has 21 heavy (non-hydrogen) atoms. The van der Waals surface area contributed by atoms with Crippen LogP contribution in [0.5, 0.6) is 0 Å². The second-order valence-electron chi connectivity index (χ2n) is 4.80. The molecule has 0 aromatic heterocycles. The second kappa shape index (κ2) is 6.77. The van der Waals surface area contributed by atoms with Crippen LogP contribution in [0.4, 0.5) is 11.4 Å². The van der Waals surface area contributed by atoms with E-state index in [9.17, 15) is 13.2 Å². The van der Waals surface area contributed by atoms with Crippen LogP contribution >= 0.6 is 0 Å². The number of benzene rings is 1. The molecule has 1 aromatic carbocycles. The van der Waals surface area contributed by atoms with Gasteiger partial charge in [0.1, 0.15) is 0 Å². The van der Waals surface area contributed by atoms with Crippen molar-refractivity contribution < 1.29 is 13.2 Å². The third-order valence-electron chi connectivity index (χ3n) is 3.11. The summed E-state index contributed by atoms with van der Waals surface area (Å²) in [6, 6.07) is 2.99. The smallest absolute Gasteiger partial charge is 0.239 e. The lowest BCUT2D eigenvalue weighted by Gasteiger charge is -2.26. The molecule has 0 unspecified atom stereocenters. The van der Waals surface area contributed by atoms with Gasteiger partial charge in [0.25, 0.3) is 0 Å². The topological polar surface area (TPSA) is 119 Å². The Bertz CT molecular complexity index is 629. The van der Waals surface area contributed by atoms with Crippen LogP contribution < -0.4 is 21.1 Å². The lowest BCUT2D eigenvalue weighted by molar-refractivity contribution is -0.119. The van der Waals surface area contributed by atoms with Gasteiger partial charge in [-0.2, -0.15) is 0 Å². The molecule has 0 atom stereocenters. The summed E-state index contributed by atoms with van der Waals surface area (Å²) in [6.45, 7) is 4.35. The van der Waals surface area contributed by atoms with Crippen molar-refractivity contribution in [2.24, 2.45) is 5.14 Å². The summed E-state index contributed by atoms with van der Waals surface area (Å²) in [5.74, 6) is -0.164. The van der Waals surface area contributed by atoms with Crippen LogP contribution in [0.1, 0.15) is 18.9 Å². The number of amides is 1. The highest BCUT2D eigenvalue weighted by molar-refractivity contribution is 7.89. The van der Waals surface area contributed by atoms with E-state index < -0.39 is 10.0 Å². The Morgan fingerprint density at radius 2 is 2.00 bits per heavy atom. The Morgan fingerprint density at radius 3 is 2.48 bits per heavy atom. The number of carbonyl (C=O) groups excluding carboxylic acids is 1. The summed E-state index contributed by atoms with van der Waals surface area (Å²) in [6.07, 6.45) is 0.802. The Labute approximate surface area is 125 Å². The average Bonchev–Trinajstić information content (AvgIpc) is 2.39. The molecule has 0 fully saturated rings. The Morgan fingerprint density at radius 1 is 1.38 bits per heavy atom. The van der Waals surface area contributed by atoms with Gasteiger partial charge in [-0.3, -0.25) is 4.79 Å². The van der Waals surface area contributed by atoms with E-state index in [2.05, 4.69) is 5.32 Å². The first kappa shape index (κ1) is 17.3. The fraction of sp³-hybridized carbons (Fsp3) is 0.462. The minimum absolute atomic E-state index is 0.0180. The van der Waals surface area contributed by atoms with Crippen molar-refractivity contribution in [2.75, 3.05) is 30.8 Å². The van der Waals surface area contributed by atoms with E-state index in [0.29, 0.717) is 17.8 Å². The summed E-state index contributed by atoms with van der Waals surface area (Å²) in [5.41, 5.74) is 7.16. The van der Waals surface area contributed by atoms with Gasteiger partial charge in [-0.1, -0.05) is 6.92 Å². The minimum Gasteiger partial charge on any atom is -0.399 e. The third-order valence-corrected chi connectivity index (χ3v) is 4.15. The number of hydrogen-bond donors (Lipinski definition) is 3. The van der Waals surface area contributed by atoms with Gasteiger partial charge in [-0.25, -0.2) is 13.6 Å². The predicted molar refractivity (Wildman–Crippen MR) is 83.5 cm³/mol. The Kier molecular flexibility index (Phi) is 5.56. The number of nitrogen functional groups attached to an aromatic ring is 1. The number of primary sulfonamides is 1. The molecule has 0 aliphatic rings. The monoisotopic (exact) mass is 314 g/mol. The summed E-state index contributed by atoms with van der Waals surface area (Å²) >= 11 is 0. The lowest BCUT2D eigenvalue weighted by atomic mass is 10.1. The number of carbonyl (C=O) groups is 1. The van der Waals surface area contributed by atoms with E-state index in [1.807, 2.05) is 6.92 Å². The van der Waals surface area contributed by atoms with Crippen LogP contribution in [0.3, 0.4) is 0 Å². The number of hydrogen-bond acceptors (Lipinski definition) is 5. The van der Waals surface area contributed by atoms with E-state index in [1.165, 1.54) is 6.07 Å². The number of rotatable bonds is 6. The van der Waals surface area contributed by atoms with Crippen molar-refractivity contribution in [2.45, 2.75) is 25.2 Å². The molecule has 118 valence electrons. The molecule has 0 aliphatic carbocycles. The zero-order chi connectivity index (χ0) is 16.2. The molecule has 7 nitrogen and oxygen atoms in total. The first-order valence-electron chi connectivity index (χ1n) is 6.59. The molecule has 0 saturated heterocycles. The number of anilines is 2. The molecule has 0 bridgehead atoms. The van der Waals surface area contributed by atoms with Crippen molar-refractivity contribution in [3.05, 3.63) is 17.7 Å². The number of likely N-dealkylation sites (N-methyl/N-ethyl adjacent to an activating group) is 1. The second-order valence-corrected chi connectivity index (χ2v) is 6.33. The van der Waals surface area contributed by atoms with Crippen LogP contribution in [-0.4, -0.2) is 34.5 Å². The zero-order valence-electron chi connectivity index (χ0n) is 12.5. The molecule has 8 heteroatoms. The van der Waals surface area contributed by atoms with Crippen molar-refractivity contribution in [1.29, 1.82) is 0 Å². The van der Waals surface area contributed by atoms with E-state index in [-0.39, 0.29) is 23.0 Å². The normalized spacial score (nSPS) is 11.2. The van der Waals surface area contributed by atoms with Gasteiger partial charge in [0.15, 0.2) is 0 Å². The third kappa shape index (κ3) is 4.33. The maximum atomic E-state index is 11.6. The highest BCUT2D eigenvalue weighted by Crippen LogP contribution is 2.29. The van der Waals surface area contributed by atoms with Crippen LogP contribution in [0.15, 0.2) is 17.0 Å². The standard InChI is InChI=1S/C13H22N4O3S/c1-4-5-17(8-13(18)16-3)11-6-10(14)7-12(9(11)2)21(15,19)20/h6-7H,4-5,8,14H2,1-3H3,(H,16,18)(H2,15,19,20). The lowest BCUT2D eigenvalue weighted by Crippen LogP contribution is -2.36. The van der Waals surface area contributed by atoms with E-state index in [1.54, 1.807) is 24.9 Å². The quantitative estimate of drug-likeness (QED) is 0.648. The highest BCUT2D eigenvalue weighted by Gasteiger charge is 2.20. The van der Waals surface area contributed by atoms with Crippen molar-refractivity contribution in [3.63, 3.8) is 0 Å². The fourth-order valence-corrected chi connectivity index (χ4v) is 2.96. The van der Waals surface area contributed by atoms with E-state index in [4.69, 9.17) is 10.9 Å². The van der Waals surface area contributed by atoms with Crippen LogP contribution in [0, 0.1) is 6.92 Å². The van der Waals surface area contributed by atoms with Gasteiger partial charge in [-0.15, -0.1) is 0 Å². The molecule has 0 spiro atoms. The summed E-state index contributed by atoms with van der Waals surface area (Å²) < 4.78 is 23.3. The number of sulfonamides is 1. The molecule has 1 rings (SSSR count). The first-order chi connectivity index (χ1) is 9.70. The van der Waals surface area contributed by atoms with Crippen molar-refractivity contribution in [1.82, 2.24) is 5.32 Å². The molecule has 0 saturated carbocycles. The average molecular weight is 314 g/mol. The van der Waals surface area contributed by atoms with Gasteiger partial charge in [0, 0.05) is 25.0 Å². The molecular weight excluding hydrogens is 292 g/mol. The van der Waals surface area contributed by atoms with Crippen molar-refractivity contribution >= 4 is 27.3 Å². The summed E-state index contributed by atoms with van der Waals surface area (Å²) in [4.78, 5) is 13.4. The fourth-order valence-electron chi connectivity index (χ4n) is 2.12. The summed E-state index contributed by atoms with van der Waals surface area (Å²) in [5, 5.41) is 7.76. The highest BCUT2D eigenvalue weighted by atomic mass is 32.2. The zero-order valence-corrected chi connectivity index (χ0v) is 13.3. The van der Waals surface area contributed by atoms with Gasteiger partial charge in [0.2, 0.25) is 15.9 Å². The van der Waals surface area contributed by atoms with E-state index >= 15 is 0 Å². The molecule has 1 amide bonds. The predicted octanol–water partition coefficient (Wildman–Crippen LogP) is 0.187. The molecular formula is C13H22N4O3S. The number of nitrogens with one attached hydrogen (secondary N) is 1. The largest absolute Gasteiger partial charge is 0.399 e. The number of nitrogens with zero attached hydrogens (tertiary/aromatic N) is 1. The molecule has 0 aliphatic heterocycles. The Hall–Kier alpha value is -1.80. The molecule has 0 heterocycles. The Balaban J connectivity index is 3.37. The molecule has 0 radical (unpaired) electrons. The minimum atomic E-state index is -3.87. The van der Waals surface area contributed by atoms with Crippen LogP contribution in [0.25, 0.3) is 0 Å². The van der Waals surface area contributed by atoms with Gasteiger partial charge in [-0.05, 0) is 31.0 Å². The first-order valence-corrected chi connectivity index (χ1v) is 8.13. The maximum Gasteiger partial charge on any atom is 0.239 e. The summed E-state index contributed by atoms with van der Waals surface area (Å²) in [7, 11) is -2.32. The van der Waals surface area contributed by atoms with E-state index in [0.717, 1.165) is 6.42 Å². The van der Waals surface area contributed by atoms with Gasteiger partial charge in [0.05, 0.1) is 11.4 Å². The number of nitrogens with two attached hydrogens (primary N) is 2. The maximum absolute atomic E-state index is 11.6. The van der Waals surface area contributed by atoms with Crippen LogP contribution in [0.2, 0.25) is 0 Å². The molecule has 5 N–H and O–H groups in total. The SMILES string of the molecule is CCCN(CC(=O)NC)c1cc(N)cc(S(N)(=O)=O)c1C. The van der Waals surface area contributed by atoms with Crippen molar-refractivity contribution in [3.8, 4) is 0 Å². The van der Waals surface area contributed by atoms with Crippen LogP contribution in [-0.2, 0) is 14.8 Å².